The highest BCUT2D eigenvalue weighted by Gasteiger charge is 2.26. The Morgan fingerprint density at radius 1 is 1.17 bits per heavy atom. The van der Waals surface area contributed by atoms with Crippen LogP contribution in [0.1, 0.15) is 36.2 Å². The highest BCUT2D eigenvalue weighted by atomic mass is 32.2. The third-order valence-electron chi connectivity index (χ3n) is 4.75. The maximum Gasteiger partial charge on any atom is 0.262 e. The first-order valence-corrected chi connectivity index (χ1v) is 10.9. The van der Waals surface area contributed by atoms with Crippen LogP contribution >= 0.6 is 11.8 Å². The Balaban J connectivity index is 2.11. The molecule has 3 rings (SSSR count). The maximum absolute atomic E-state index is 13.2. The van der Waals surface area contributed by atoms with Crippen molar-refractivity contribution in [1.82, 2.24) is 15.0 Å². The minimum Gasteiger partial charge on any atom is -0.322 e. The standard InChI is InChI=1S/C22H25N5O2S/c1-5-15(3)27(29)20-18(21(28)24-17-8-6-14(2)7-9-17)22(30-4)26-19(25-20)16-10-12-23-13-11-16/h6-13,15,29H,5H2,1-4H3,(H,24,28). The number of hydrogen-bond acceptors (Lipinski definition) is 7. The highest BCUT2D eigenvalue weighted by Crippen LogP contribution is 2.31. The van der Waals surface area contributed by atoms with Gasteiger partial charge in [0.15, 0.2) is 11.6 Å². The Bertz CT molecular complexity index is 1010. The number of anilines is 2. The second kappa shape index (κ2) is 9.69. The van der Waals surface area contributed by atoms with Crippen molar-refractivity contribution in [3.63, 3.8) is 0 Å². The lowest BCUT2D eigenvalue weighted by molar-refractivity contribution is 0.102. The first kappa shape index (κ1) is 21.7. The van der Waals surface area contributed by atoms with Gasteiger partial charge >= 0.3 is 0 Å². The molecular formula is C22H25N5O2S. The van der Waals surface area contributed by atoms with Gasteiger partial charge in [0.25, 0.3) is 5.91 Å². The van der Waals surface area contributed by atoms with Crippen molar-refractivity contribution in [2.75, 3.05) is 16.6 Å². The lowest BCUT2D eigenvalue weighted by Crippen LogP contribution is -2.32. The monoisotopic (exact) mass is 423 g/mol. The van der Waals surface area contributed by atoms with E-state index in [2.05, 4.69) is 20.3 Å². The number of aromatic nitrogens is 3. The molecule has 0 bridgehead atoms. The topological polar surface area (TPSA) is 91.2 Å². The number of nitrogens with zero attached hydrogens (tertiary/aromatic N) is 4. The van der Waals surface area contributed by atoms with Crippen molar-refractivity contribution in [2.24, 2.45) is 0 Å². The summed E-state index contributed by atoms with van der Waals surface area (Å²) in [5.41, 5.74) is 2.75. The molecule has 3 aromatic rings. The molecule has 1 unspecified atom stereocenters. The fourth-order valence-electron chi connectivity index (χ4n) is 2.78. The van der Waals surface area contributed by atoms with Crippen molar-refractivity contribution in [2.45, 2.75) is 38.3 Å². The van der Waals surface area contributed by atoms with Gasteiger partial charge in [-0.15, -0.1) is 11.8 Å². The summed E-state index contributed by atoms with van der Waals surface area (Å²) < 4.78 is 0. The van der Waals surface area contributed by atoms with E-state index in [0.717, 1.165) is 16.2 Å². The molecule has 7 nitrogen and oxygen atoms in total. The van der Waals surface area contributed by atoms with Crippen molar-refractivity contribution in [3.8, 4) is 11.4 Å². The first-order chi connectivity index (χ1) is 14.4. The number of nitrogens with one attached hydrogen (secondary N) is 1. The van der Waals surface area contributed by atoms with Crippen molar-refractivity contribution < 1.29 is 10.0 Å². The van der Waals surface area contributed by atoms with Crippen molar-refractivity contribution in [3.05, 3.63) is 59.9 Å². The summed E-state index contributed by atoms with van der Waals surface area (Å²) >= 11 is 1.33. The Labute approximate surface area is 180 Å². The zero-order valence-electron chi connectivity index (χ0n) is 17.5. The van der Waals surface area contributed by atoms with Crippen LogP contribution in [0, 0.1) is 6.92 Å². The van der Waals surface area contributed by atoms with Gasteiger partial charge < -0.3 is 5.32 Å². The van der Waals surface area contributed by atoms with Crippen LogP contribution in [0.4, 0.5) is 11.5 Å². The van der Waals surface area contributed by atoms with E-state index in [-0.39, 0.29) is 23.3 Å². The Morgan fingerprint density at radius 3 is 2.43 bits per heavy atom. The molecule has 30 heavy (non-hydrogen) atoms. The van der Waals surface area contributed by atoms with Gasteiger partial charge in [-0.05, 0) is 50.8 Å². The van der Waals surface area contributed by atoms with Gasteiger partial charge in [-0.3, -0.25) is 15.0 Å². The first-order valence-electron chi connectivity index (χ1n) is 9.67. The smallest absolute Gasteiger partial charge is 0.262 e. The molecule has 0 saturated carbocycles. The number of hydroxylamine groups is 1. The molecule has 0 aliphatic carbocycles. The highest BCUT2D eigenvalue weighted by molar-refractivity contribution is 7.98. The van der Waals surface area contributed by atoms with Crippen molar-refractivity contribution >= 4 is 29.2 Å². The largest absolute Gasteiger partial charge is 0.322 e. The van der Waals surface area contributed by atoms with Crippen LogP contribution in [0.25, 0.3) is 11.4 Å². The zero-order valence-corrected chi connectivity index (χ0v) is 18.3. The van der Waals surface area contributed by atoms with Crippen LogP contribution in [0.15, 0.2) is 53.8 Å². The normalized spacial score (nSPS) is 11.8. The van der Waals surface area contributed by atoms with Gasteiger partial charge in [0, 0.05) is 23.6 Å². The number of pyridine rings is 1. The van der Waals surface area contributed by atoms with Crippen LogP contribution in [0.2, 0.25) is 0 Å². The number of carbonyl (C=O) groups excluding carboxylic acids is 1. The predicted octanol–water partition coefficient (Wildman–Crippen LogP) is 4.82. The molecule has 8 heteroatoms. The van der Waals surface area contributed by atoms with E-state index < -0.39 is 0 Å². The van der Waals surface area contributed by atoms with Gasteiger partial charge in [0.2, 0.25) is 0 Å². The molecule has 0 aliphatic heterocycles. The summed E-state index contributed by atoms with van der Waals surface area (Å²) in [5.74, 6) is 0.230. The molecule has 0 aliphatic rings. The Hall–Kier alpha value is -2.97. The minimum atomic E-state index is -0.373. The summed E-state index contributed by atoms with van der Waals surface area (Å²) in [6.07, 6.45) is 5.83. The van der Waals surface area contributed by atoms with E-state index in [9.17, 15) is 10.0 Å². The molecule has 1 amide bonds. The summed E-state index contributed by atoms with van der Waals surface area (Å²) in [6, 6.07) is 10.9. The predicted molar refractivity (Wildman–Crippen MR) is 120 cm³/mol. The molecule has 2 aromatic heterocycles. The van der Waals surface area contributed by atoms with E-state index in [1.807, 2.05) is 51.3 Å². The van der Waals surface area contributed by atoms with Gasteiger partial charge in [-0.2, -0.15) is 0 Å². The molecule has 2 N–H and O–H groups in total. The molecule has 0 saturated heterocycles. The quantitative estimate of drug-likeness (QED) is 0.320. The van der Waals surface area contributed by atoms with Gasteiger partial charge in [0.1, 0.15) is 10.6 Å². The summed E-state index contributed by atoms with van der Waals surface area (Å²) in [5, 5.41) is 15.3. The van der Waals surface area contributed by atoms with Crippen LogP contribution < -0.4 is 10.4 Å². The number of rotatable bonds is 7. The summed E-state index contributed by atoms with van der Waals surface area (Å²) in [4.78, 5) is 26.4. The fraction of sp³-hybridized carbons (Fsp3) is 0.273. The van der Waals surface area contributed by atoms with E-state index in [1.54, 1.807) is 24.5 Å². The SMILES string of the molecule is CCC(C)N(O)c1nc(-c2ccncc2)nc(SC)c1C(=O)Nc1ccc(C)cc1. The average Bonchev–Trinajstić information content (AvgIpc) is 2.79. The number of amides is 1. The third kappa shape index (κ3) is 4.77. The fourth-order valence-corrected chi connectivity index (χ4v) is 3.35. The minimum absolute atomic E-state index is 0.181. The molecule has 1 aromatic carbocycles. The molecule has 2 heterocycles. The lowest BCUT2D eigenvalue weighted by atomic mass is 10.2. The number of hydrogen-bond donors (Lipinski definition) is 2. The van der Waals surface area contributed by atoms with E-state index in [1.165, 1.54) is 11.8 Å². The van der Waals surface area contributed by atoms with Crippen LogP contribution in [-0.4, -0.2) is 38.4 Å². The second-order valence-corrected chi connectivity index (χ2v) is 7.71. The van der Waals surface area contributed by atoms with Gasteiger partial charge in [-0.25, -0.2) is 15.0 Å². The van der Waals surface area contributed by atoms with E-state index in [4.69, 9.17) is 0 Å². The Kier molecular flexibility index (Phi) is 7.02. The number of benzene rings is 1. The zero-order chi connectivity index (χ0) is 21.7. The second-order valence-electron chi connectivity index (χ2n) is 6.91. The van der Waals surface area contributed by atoms with Crippen molar-refractivity contribution in [1.29, 1.82) is 0 Å². The molecule has 0 fully saturated rings. The molecule has 0 radical (unpaired) electrons. The lowest BCUT2D eigenvalue weighted by Gasteiger charge is -2.25. The molecule has 156 valence electrons. The maximum atomic E-state index is 13.2. The molecule has 1 atom stereocenters. The van der Waals surface area contributed by atoms with Crippen LogP contribution in [0.3, 0.4) is 0 Å². The summed E-state index contributed by atoms with van der Waals surface area (Å²) in [7, 11) is 0. The van der Waals surface area contributed by atoms with E-state index in [0.29, 0.717) is 23.0 Å². The third-order valence-corrected chi connectivity index (χ3v) is 5.43. The van der Waals surface area contributed by atoms with E-state index >= 15 is 0 Å². The molecular weight excluding hydrogens is 398 g/mol. The van der Waals surface area contributed by atoms with Crippen LogP contribution in [-0.2, 0) is 0 Å². The summed E-state index contributed by atoms with van der Waals surface area (Å²) in [6.45, 7) is 5.81. The molecule has 0 spiro atoms. The van der Waals surface area contributed by atoms with Crippen LogP contribution in [0.5, 0.6) is 0 Å². The number of thioether (sulfide) groups is 1. The van der Waals surface area contributed by atoms with Gasteiger partial charge in [0.05, 0.1) is 6.04 Å². The van der Waals surface area contributed by atoms with Gasteiger partial charge in [-0.1, -0.05) is 24.6 Å². The number of aryl methyl sites for hydroxylation is 1. The number of carbonyl (C=O) groups is 1. The average molecular weight is 424 g/mol. The Morgan fingerprint density at radius 2 is 1.83 bits per heavy atom.